The molecule has 0 spiro atoms. The highest BCUT2D eigenvalue weighted by Crippen LogP contribution is 2.10. The number of nitrogens with zero attached hydrogens (tertiary/aromatic N) is 1. The summed E-state index contributed by atoms with van der Waals surface area (Å²) < 4.78 is 4.70. The fourth-order valence-electron chi connectivity index (χ4n) is 0.803. The second kappa shape index (κ2) is 4.61. The van der Waals surface area contributed by atoms with Crippen molar-refractivity contribution < 1.29 is 14.7 Å². The molecule has 0 aromatic carbocycles. The average Bonchev–Trinajstić information content (AvgIpc) is 2.59. The first-order chi connectivity index (χ1) is 6.29. The maximum Gasteiger partial charge on any atom is 0.361 e. The first-order valence-electron chi connectivity index (χ1n) is 3.72. The van der Waals surface area contributed by atoms with Crippen molar-refractivity contribution >= 4 is 23.0 Å². The standard InChI is InChI=1S/C8H9NO3S/c1-2-12-8(10)7(9-11)6-4-3-5-13-6/h3-5,11H,2H2,1H3/b9-7+. The van der Waals surface area contributed by atoms with Gasteiger partial charge in [-0.3, -0.25) is 0 Å². The summed E-state index contributed by atoms with van der Waals surface area (Å²) >= 11 is 1.32. The molecule has 0 bridgehead atoms. The van der Waals surface area contributed by atoms with Crippen LogP contribution in [0, 0.1) is 0 Å². The van der Waals surface area contributed by atoms with Gasteiger partial charge in [0.05, 0.1) is 11.5 Å². The van der Waals surface area contributed by atoms with Gasteiger partial charge in [0.2, 0.25) is 5.71 Å². The third kappa shape index (κ3) is 2.29. The molecule has 1 rings (SSSR count). The lowest BCUT2D eigenvalue weighted by Crippen LogP contribution is -2.17. The van der Waals surface area contributed by atoms with Gasteiger partial charge in [0.15, 0.2) is 0 Å². The van der Waals surface area contributed by atoms with Gasteiger partial charge in [-0.2, -0.15) is 0 Å². The van der Waals surface area contributed by atoms with Gasteiger partial charge in [0, 0.05) is 0 Å². The van der Waals surface area contributed by atoms with Gasteiger partial charge in [0.25, 0.3) is 0 Å². The quantitative estimate of drug-likeness (QED) is 0.347. The minimum Gasteiger partial charge on any atom is -0.461 e. The Morgan fingerprint density at radius 1 is 1.77 bits per heavy atom. The number of esters is 1. The van der Waals surface area contributed by atoms with Crippen LogP contribution in [0.25, 0.3) is 0 Å². The summed E-state index contributed by atoms with van der Waals surface area (Å²) in [7, 11) is 0. The molecule has 0 saturated heterocycles. The first kappa shape index (κ1) is 9.73. The molecule has 0 fully saturated rings. The molecule has 0 radical (unpaired) electrons. The highest BCUT2D eigenvalue weighted by atomic mass is 32.1. The molecular weight excluding hydrogens is 190 g/mol. The Balaban J connectivity index is 2.82. The molecule has 0 aliphatic carbocycles. The van der Waals surface area contributed by atoms with E-state index >= 15 is 0 Å². The summed E-state index contributed by atoms with van der Waals surface area (Å²) in [5.41, 5.74) is -0.0446. The summed E-state index contributed by atoms with van der Waals surface area (Å²) in [5.74, 6) is -0.604. The largest absolute Gasteiger partial charge is 0.461 e. The van der Waals surface area contributed by atoms with Gasteiger partial charge >= 0.3 is 5.97 Å². The topological polar surface area (TPSA) is 58.9 Å². The molecule has 5 heteroatoms. The SMILES string of the molecule is CCOC(=O)/C(=N/O)c1cccs1. The zero-order valence-electron chi connectivity index (χ0n) is 7.06. The zero-order chi connectivity index (χ0) is 9.68. The van der Waals surface area contributed by atoms with E-state index < -0.39 is 5.97 Å². The van der Waals surface area contributed by atoms with Crippen LogP contribution in [0.15, 0.2) is 22.7 Å². The van der Waals surface area contributed by atoms with Crippen molar-refractivity contribution in [3.05, 3.63) is 22.4 Å². The number of thiophene rings is 1. The van der Waals surface area contributed by atoms with Crippen LogP contribution in [0.4, 0.5) is 0 Å². The second-order valence-corrected chi connectivity index (χ2v) is 3.09. The van der Waals surface area contributed by atoms with E-state index in [0.29, 0.717) is 4.88 Å². The molecule has 1 aromatic heterocycles. The lowest BCUT2D eigenvalue weighted by atomic mass is 10.3. The predicted octanol–water partition coefficient (Wildman–Crippen LogP) is 1.49. The smallest absolute Gasteiger partial charge is 0.361 e. The van der Waals surface area contributed by atoms with Crippen molar-refractivity contribution in [1.82, 2.24) is 0 Å². The number of hydrogen-bond acceptors (Lipinski definition) is 5. The number of rotatable bonds is 3. The van der Waals surface area contributed by atoms with Crippen LogP contribution in [0.1, 0.15) is 11.8 Å². The Labute approximate surface area is 79.5 Å². The van der Waals surface area contributed by atoms with Crippen LogP contribution >= 0.6 is 11.3 Å². The first-order valence-corrected chi connectivity index (χ1v) is 4.60. The molecule has 0 aliphatic rings. The highest BCUT2D eigenvalue weighted by Gasteiger charge is 2.16. The molecule has 1 aromatic rings. The van der Waals surface area contributed by atoms with E-state index in [1.807, 2.05) is 0 Å². The van der Waals surface area contributed by atoms with Crippen LogP contribution in [0.2, 0.25) is 0 Å². The monoisotopic (exact) mass is 199 g/mol. The van der Waals surface area contributed by atoms with E-state index in [4.69, 9.17) is 9.94 Å². The molecule has 13 heavy (non-hydrogen) atoms. The van der Waals surface area contributed by atoms with Crippen LogP contribution in [0.5, 0.6) is 0 Å². The minimum absolute atomic E-state index is 0.0446. The summed E-state index contributed by atoms with van der Waals surface area (Å²) in [6, 6.07) is 3.46. The van der Waals surface area contributed by atoms with E-state index in [9.17, 15) is 4.79 Å². The van der Waals surface area contributed by atoms with Gasteiger partial charge in [-0.05, 0) is 18.4 Å². The van der Waals surface area contributed by atoms with Crippen LogP contribution < -0.4 is 0 Å². The molecule has 0 amide bonds. The van der Waals surface area contributed by atoms with Crippen molar-refractivity contribution in [2.75, 3.05) is 6.61 Å². The molecule has 4 nitrogen and oxygen atoms in total. The molecular formula is C8H9NO3S. The van der Waals surface area contributed by atoms with Gasteiger partial charge in [0.1, 0.15) is 0 Å². The summed E-state index contributed by atoms with van der Waals surface area (Å²) in [4.78, 5) is 11.8. The number of carbonyl (C=O) groups is 1. The van der Waals surface area contributed by atoms with Crippen molar-refractivity contribution in [3.63, 3.8) is 0 Å². The van der Waals surface area contributed by atoms with Gasteiger partial charge in [-0.15, -0.1) is 11.3 Å². The third-order valence-corrected chi connectivity index (χ3v) is 2.20. The van der Waals surface area contributed by atoms with Crippen LogP contribution in [-0.4, -0.2) is 23.5 Å². The lowest BCUT2D eigenvalue weighted by Gasteiger charge is -2.00. The summed E-state index contributed by atoms with van der Waals surface area (Å²) in [5, 5.41) is 13.3. The fraction of sp³-hybridized carbons (Fsp3) is 0.250. The van der Waals surface area contributed by atoms with Gasteiger partial charge in [-0.25, -0.2) is 4.79 Å². The van der Waals surface area contributed by atoms with E-state index in [1.54, 1.807) is 24.4 Å². The number of hydrogen-bond donors (Lipinski definition) is 1. The maximum atomic E-state index is 11.2. The third-order valence-electron chi connectivity index (χ3n) is 1.32. The van der Waals surface area contributed by atoms with Crippen LogP contribution in [-0.2, 0) is 9.53 Å². The van der Waals surface area contributed by atoms with Crippen molar-refractivity contribution in [2.45, 2.75) is 6.92 Å². The van der Waals surface area contributed by atoms with E-state index in [2.05, 4.69) is 5.16 Å². The van der Waals surface area contributed by atoms with Crippen molar-refractivity contribution in [3.8, 4) is 0 Å². The average molecular weight is 199 g/mol. The molecule has 0 aliphatic heterocycles. The normalized spacial score (nSPS) is 11.3. The number of oxime groups is 1. The summed E-state index contributed by atoms with van der Waals surface area (Å²) in [6.07, 6.45) is 0. The lowest BCUT2D eigenvalue weighted by molar-refractivity contribution is -0.135. The number of ether oxygens (including phenoxy) is 1. The molecule has 1 N–H and O–H groups in total. The molecule has 70 valence electrons. The Hall–Kier alpha value is -1.36. The predicted molar refractivity (Wildman–Crippen MR) is 49.3 cm³/mol. The summed E-state index contributed by atoms with van der Waals surface area (Å²) in [6.45, 7) is 1.96. The van der Waals surface area contributed by atoms with Gasteiger partial charge < -0.3 is 9.94 Å². The molecule has 0 saturated carbocycles. The van der Waals surface area contributed by atoms with E-state index in [0.717, 1.165) is 0 Å². The van der Waals surface area contributed by atoms with Crippen LogP contribution in [0.3, 0.4) is 0 Å². The Morgan fingerprint density at radius 3 is 3.00 bits per heavy atom. The van der Waals surface area contributed by atoms with E-state index in [-0.39, 0.29) is 12.3 Å². The molecule has 0 unspecified atom stereocenters. The Kier molecular flexibility index (Phi) is 3.45. The van der Waals surface area contributed by atoms with E-state index in [1.165, 1.54) is 11.3 Å². The fourth-order valence-corrected chi connectivity index (χ4v) is 1.50. The Bertz CT molecular complexity index is 305. The van der Waals surface area contributed by atoms with Gasteiger partial charge in [-0.1, -0.05) is 11.2 Å². The van der Waals surface area contributed by atoms with Crippen molar-refractivity contribution in [2.24, 2.45) is 5.16 Å². The Morgan fingerprint density at radius 2 is 2.54 bits per heavy atom. The van der Waals surface area contributed by atoms with Crippen molar-refractivity contribution in [1.29, 1.82) is 0 Å². The zero-order valence-corrected chi connectivity index (χ0v) is 7.87. The maximum absolute atomic E-state index is 11.2. The highest BCUT2D eigenvalue weighted by molar-refractivity contribution is 7.13. The number of carbonyl (C=O) groups excluding carboxylic acids is 1. The molecule has 1 heterocycles. The molecule has 0 atom stereocenters. The minimum atomic E-state index is -0.604. The second-order valence-electron chi connectivity index (χ2n) is 2.15.